The van der Waals surface area contributed by atoms with Crippen LogP contribution in [0, 0.1) is 11.8 Å². The first kappa shape index (κ1) is 15.0. The van der Waals surface area contributed by atoms with Crippen LogP contribution in [-0.4, -0.2) is 39.9 Å². The molecule has 1 unspecified atom stereocenters. The second-order valence-electron chi connectivity index (χ2n) is 6.51. The lowest BCUT2D eigenvalue weighted by Gasteiger charge is -2.54. The van der Waals surface area contributed by atoms with Crippen molar-refractivity contribution >= 4 is 23.3 Å². The van der Waals surface area contributed by atoms with Gasteiger partial charge in [0.15, 0.2) is 5.60 Å². The van der Waals surface area contributed by atoms with Gasteiger partial charge >= 0.3 is 5.97 Å². The number of aliphatic imine (C=N–C) groups is 1. The molecule has 21 heavy (non-hydrogen) atoms. The van der Waals surface area contributed by atoms with Gasteiger partial charge in [-0.2, -0.15) is 0 Å². The Hall–Kier alpha value is -0.870. The van der Waals surface area contributed by atoms with Crippen LogP contribution in [0.2, 0.25) is 0 Å². The van der Waals surface area contributed by atoms with Gasteiger partial charge in [0.2, 0.25) is 5.54 Å². The largest absolute Gasteiger partial charge is 0.453 e. The van der Waals surface area contributed by atoms with E-state index < -0.39 is 23.2 Å². The summed E-state index contributed by atoms with van der Waals surface area (Å²) in [4.78, 5) is 16.9. The van der Waals surface area contributed by atoms with Crippen molar-refractivity contribution in [2.75, 3.05) is 5.88 Å². The Morgan fingerprint density at radius 2 is 2.38 bits per heavy atom. The Labute approximate surface area is 130 Å². The fraction of sp³-hybridized carbons (Fsp3) is 0.750. The SMILES string of the molecule is CC1=NC2([C@@H](O)[C@@H]3C=CCCC3)C(=O)O[C@@]2(C)[C@H]1CCCl. The van der Waals surface area contributed by atoms with E-state index in [9.17, 15) is 9.90 Å². The first-order chi connectivity index (χ1) is 9.97. The number of carbonyl (C=O) groups excluding carboxylic acids is 1. The molecule has 1 saturated heterocycles. The molecule has 2 aliphatic heterocycles. The zero-order valence-electron chi connectivity index (χ0n) is 12.5. The van der Waals surface area contributed by atoms with Crippen LogP contribution in [0.5, 0.6) is 0 Å². The molecule has 1 fully saturated rings. The summed E-state index contributed by atoms with van der Waals surface area (Å²) in [5.41, 5.74) is -1.03. The number of alkyl halides is 1. The molecule has 0 aromatic carbocycles. The molecule has 5 atom stereocenters. The van der Waals surface area contributed by atoms with Gasteiger partial charge in [0.05, 0.1) is 0 Å². The van der Waals surface area contributed by atoms with Gasteiger partial charge in [-0.25, -0.2) is 4.79 Å². The summed E-state index contributed by atoms with van der Waals surface area (Å²) in [5, 5.41) is 10.9. The lowest BCUT2D eigenvalue weighted by molar-refractivity contribution is -0.235. The number of ether oxygens (including phenoxy) is 1. The van der Waals surface area contributed by atoms with E-state index in [-0.39, 0.29) is 11.8 Å². The fourth-order valence-electron chi connectivity index (χ4n) is 4.24. The van der Waals surface area contributed by atoms with E-state index in [0.717, 1.165) is 25.0 Å². The number of nitrogens with zero attached hydrogens (tertiary/aromatic N) is 1. The highest BCUT2D eigenvalue weighted by Crippen LogP contribution is 2.56. The third-order valence-electron chi connectivity index (χ3n) is 5.42. The number of aliphatic hydroxyl groups is 1. The molecule has 1 aliphatic carbocycles. The maximum atomic E-state index is 12.3. The fourth-order valence-corrected chi connectivity index (χ4v) is 4.46. The van der Waals surface area contributed by atoms with Crippen molar-refractivity contribution in [3.63, 3.8) is 0 Å². The Bertz CT molecular complexity index is 518. The van der Waals surface area contributed by atoms with E-state index in [2.05, 4.69) is 11.1 Å². The molecule has 5 heteroatoms. The van der Waals surface area contributed by atoms with E-state index in [1.807, 2.05) is 19.9 Å². The number of hydrogen-bond acceptors (Lipinski definition) is 4. The van der Waals surface area contributed by atoms with Crippen LogP contribution in [0.4, 0.5) is 0 Å². The molecule has 116 valence electrons. The topological polar surface area (TPSA) is 58.9 Å². The van der Waals surface area contributed by atoms with Crippen LogP contribution < -0.4 is 0 Å². The summed E-state index contributed by atoms with van der Waals surface area (Å²) in [5.74, 6) is 0.0558. The van der Waals surface area contributed by atoms with Gasteiger partial charge in [-0.1, -0.05) is 12.2 Å². The van der Waals surface area contributed by atoms with E-state index in [0.29, 0.717) is 12.3 Å². The standard InChI is InChI=1S/C16H22ClNO3/c1-10-12(8-9-17)15(2)16(18-10,14(20)21-15)13(19)11-6-4-3-5-7-11/h4,6,11-13,19H,3,5,7-9H2,1-2H3/t11-,12+,13+,15+,16?/m1/s1. The molecule has 0 spiro atoms. The highest BCUT2D eigenvalue weighted by Gasteiger charge is 2.77. The molecule has 3 rings (SSSR count). The second-order valence-corrected chi connectivity index (χ2v) is 6.89. The van der Waals surface area contributed by atoms with E-state index in [4.69, 9.17) is 16.3 Å². The average Bonchev–Trinajstić information content (AvgIpc) is 2.65. The average molecular weight is 312 g/mol. The minimum absolute atomic E-state index is 0.00470. The van der Waals surface area contributed by atoms with Gasteiger partial charge in [-0.3, -0.25) is 4.99 Å². The summed E-state index contributed by atoms with van der Waals surface area (Å²) < 4.78 is 5.51. The van der Waals surface area contributed by atoms with E-state index in [1.54, 1.807) is 0 Å². The number of allylic oxidation sites excluding steroid dienone is 1. The van der Waals surface area contributed by atoms with E-state index >= 15 is 0 Å². The molecule has 0 aromatic rings. The maximum Gasteiger partial charge on any atom is 0.341 e. The number of carbonyl (C=O) groups is 1. The molecule has 0 bridgehead atoms. The lowest BCUT2D eigenvalue weighted by atomic mass is 9.63. The van der Waals surface area contributed by atoms with Crippen LogP contribution in [-0.2, 0) is 9.53 Å². The van der Waals surface area contributed by atoms with Crippen molar-refractivity contribution in [2.24, 2.45) is 16.8 Å². The summed E-state index contributed by atoms with van der Waals surface area (Å²) in [7, 11) is 0. The molecule has 2 heterocycles. The molecule has 3 aliphatic rings. The molecule has 1 N–H and O–H groups in total. The highest BCUT2D eigenvalue weighted by atomic mass is 35.5. The number of hydrogen-bond donors (Lipinski definition) is 1. The normalized spacial score (nSPS) is 42.9. The third-order valence-corrected chi connectivity index (χ3v) is 5.64. The van der Waals surface area contributed by atoms with Crippen molar-refractivity contribution in [3.05, 3.63) is 12.2 Å². The predicted octanol–water partition coefficient (Wildman–Crippen LogP) is 2.48. The molecule has 0 radical (unpaired) electrons. The van der Waals surface area contributed by atoms with Crippen LogP contribution in [0.3, 0.4) is 0 Å². The first-order valence-electron chi connectivity index (χ1n) is 7.68. The van der Waals surface area contributed by atoms with Crippen LogP contribution in [0.1, 0.15) is 39.5 Å². The number of halogens is 1. The minimum Gasteiger partial charge on any atom is -0.453 e. The summed E-state index contributed by atoms with van der Waals surface area (Å²) in [6.45, 7) is 3.80. The number of fused-ring (bicyclic) bond motifs is 1. The molecule has 0 saturated carbocycles. The van der Waals surface area contributed by atoms with Crippen molar-refractivity contribution in [1.82, 2.24) is 0 Å². The summed E-state index contributed by atoms with van der Waals surface area (Å²) in [6, 6.07) is 0. The summed E-state index contributed by atoms with van der Waals surface area (Å²) in [6.07, 6.45) is 6.94. The van der Waals surface area contributed by atoms with Gasteiger partial charge in [-0.05, 0) is 39.5 Å². The van der Waals surface area contributed by atoms with Gasteiger partial charge in [0, 0.05) is 23.4 Å². The lowest BCUT2D eigenvalue weighted by Crippen LogP contribution is -2.76. The number of aliphatic hydroxyl groups excluding tert-OH is 1. The van der Waals surface area contributed by atoms with Gasteiger partial charge in [0.25, 0.3) is 0 Å². The summed E-state index contributed by atoms with van der Waals surface area (Å²) >= 11 is 5.89. The third kappa shape index (κ3) is 1.85. The zero-order chi connectivity index (χ0) is 15.3. The maximum absolute atomic E-state index is 12.3. The van der Waals surface area contributed by atoms with Gasteiger partial charge in [-0.15, -0.1) is 11.6 Å². The van der Waals surface area contributed by atoms with Crippen LogP contribution in [0.25, 0.3) is 0 Å². The molecule has 0 amide bonds. The molecular formula is C16H22ClNO3. The first-order valence-corrected chi connectivity index (χ1v) is 8.21. The highest BCUT2D eigenvalue weighted by molar-refractivity contribution is 6.18. The van der Waals surface area contributed by atoms with Crippen LogP contribution in [0.15, 0.2) is 17.1 Å². The smallest absolute Gasteiger partial charge is 0.341 e. The Balaban J connectivity index is 1.96. The van der Waals surface area contributed by atoms with Crippen molar-refractivity contribution in [1.29, 1.82) is 0 Å². The quantitative estimate of drug-likeness (QED) is 0.493. The Morgan fingerprint density at radius 3 is 2.95 bits per heavy atom. The number of rotatable bonds is 4. The number of esters is 1. The van der Waals surface area contributed by atoms with Crippen LogP contribution >= 0.6 is 11.6 Å². The second kappa shape index (κ2) is 5.10. The van der Waals surface area contributed by atoms with Crippen molar-refractivity contribution in [2.45, 2.75) is 56.8 Å². The van der Waals surface area contributed by atoms with Crippen molar-refractivity contribution in [3.8, 4) is 0 Å². The molecular weight excluding hydrogens is 290 g/mol. The molecule has 4 nitrogen and oxygen atoms in total. The van der Waals surface area contributed by atoms with Gasteiger partial charge in [0.1, 0.15) is 6.10 Å². The molecule has 0 aromatic heterocycles. The zero-order valence-corrected chi connectivity index (χ0v) is 13.3. The Kier molecular flexibility index (Phi) is 3.65. The Morgan fingerprint density at radius 1 is 1.62 bits per heavy atom. The van der Waals surface area contributed by atoms with Crippen molar-refractivity contribution < 1.29 is 14.6 Å². The van der Waals surface area contributed by atoms with E-state index in [1.165, 1.54) is 0 Å². The monoisotopic (exact) mass is 311 g/mol. The van der Waals surface area contributed by atoms with Gasteiger partial charge < -0.3 is 9.84 Å². The minimum atomic E-state index is -1.14. The predicted molar refractivity (Wildman–Crippen MR) is 81.7 cm³/mol.